The molecule has 1 aliphatic carbocycles. The second kappa shape index (κ2) is 4.28. The van der Waals surface area contributed by atoms with E-state index in [9.17, 15) is 10.1 Å². The summed E-state index contributed by atoms with van der Waals surface area (Å²) in [6.45, 7) is 0. The first-order valence-electron chi connectivity index (χ1n) is 5.72. The zero-order chi connectivity index (χ0) is 13.4. The second-order valence-electron chi connectivity index (χ2n) is 4.26. The Morgan fingerprint density at radius 1 is 1.47 bits per heavy atom. The quantitative estimate of drug-likeness (QED) is 0.472. The van der Waals surface area contributed by atoms with E-state index in [0.29, 0.717) is 5.92 Å². The third-order valence-electron chi connectivity index (χ3n) is 2.94. The van der Waals surface area contributed by atoms with Gasteiger partial charge in [-0.05, 0) is 18.9 Å². The first kappa shape index (κ1) is 11.5. The van der Waals surface area contributed by atoms with E-state index in [1.54, 1.807) is 6.20 Å². The topological polar surface area (TPSA) is 125 Å². The average Bonchev–Trinajstić information content (AvgIpc) is 3.15. The van der Waals surface area contributed by atoms with Crippen molar-refractivity contribution in [3.8, 4) is 5.82 Å². The molecule has 0 aromatic carbocycles. The van der Waals surface area contributed by atoms with Gasteiger partial charge in [-0.1, -0.05) is 0 Å². The fourth-order valence-electron chi connectivity index (χ4n) is 1.86. The molecule has 2 aromatic heterocycles. The molecule has 9 heteroatoms. The monoisotopic (exact) mass is 261 g/mol. The van der Waals surface area contributed by atoms with Gasteiger partial charge in [0.15, 0.2) is 0 Å². The molecule has 98 valence electrons. The minimum Gasteiger partial charge on any atom is -0.303 e. The standard InChI is InChI=1S/C10H11N7O2/c11-14-9-8(17(18)19)10(13-5-12-9)16-4-3-7(15-16)6-1-2-6/h3-6H,1-2,11H2,(H,12,13,14). The van der Waals surface area contributed by atoms with Crippen LogP contribution in [0.1, 0.15) is 24.5 Å². The van der Waals surface area contributed by atoms with Crippen LogP contribution in [0.2, 0.25) is 0 Å². The van der Waals surface area contributed by atoms with Crippen molar-refractivity contribution in [3.63, 3.8) is 0 Å². The van der Waals surface area contributed by atoms with Gasteiger partial charge in [-0.25, -0.2) is 20.5 Å². The van der Waals surface area contributed by atoms with Crippen molar-refractivity contribution < 1.29 is 4.92 Å². The minimum atomic E-state index is -0.580. The molecule has 0 saturated heterocycles. The summed E-state index contributed by atoms with van der Waals surface area (Å²) in [5.74, 6) is 5.75. The predicted molar refractivity (Wildman–Crippen MR) is 65.6 cm³/mol. The molecular formula is C10H11N7O2. The number of hydrogen-bond acceptors (Lipinski definition) is 7. The van der Waals surface area contributed by atoms with Crippen LogP contribution in [0.4, 0.5) is 11.5 Å². The van der Waals surface area contributed by atoms with E-state index in [4.69, 9.17) is 5.84 Å². The fourth-order valence-corrected chi connectivity index (χ4v) is 1.86. The maximum absolute atomic E-state index is 11.1. The van der Waals surface area contributed by atoms with Gasteiger partial charge in [-0.2, -0.15) is 5.10 Å². The Hall–Kier alpha value is -2.55. The van der Waals surface area contributed by atoms with Gasteiger partial charge in [0.1, 0.15) is 6.33 Å². The number of nitrogens with one attached hydrogen (secondary N) is 1. The molecule has 0 bridgehead atoms. The summed E-state index contributed by atoms with van der Waals surface area (Å²) < 4.78 is 1.38. The van der Waals surface area contributed by atoms with Gasteiger partial charge in [0.25, 0.3) is 0 Å². The predicted octanol–water partition coefficient (Wildman–Crippen LogP) is 0.733. The van der Waals surface area contributed by atoms with Crippen molar-refractivity contribution in [2.75, 3.05) is 5.43 Å². The molecule has 1 fully saturated rings. The zero-order valence-corrected chi connectivity index (χ0v) is 9.85. The van der Waals surface area contributed by atoms with Gasteiger partial charge < -0.3 is 5.43 Å². The number of nitro groups is 1. The van der Waals surface area contributed by atoms with E-state index in [1.807, 2.05) is 6.07 Å². The van der Waals surface area contributed by atoms with E-state index in [-0.39, 0.29) is 17.3 Å². The molecule has 0 radical (unpaired) electrons. The summed E-state index contributed by atoms with van der Waals surface area (Å²) in [7, 11) is 0. The van der Waals surface area contributed by atoms with Crippen molar-refractivity contribution in [1.82, 2.24) is 19.7 Å². The van der Waals surface area contributed by atoms with Crippen LogP contribution in [-0.4, -0.2) is 24.7 Å². The van der Waals surface area contributed by atoms with Crippen LogP contribution < -0.4 is 11.3 Å². The normalized spacial score (nSPS) is 14.4. The highest BCUT2D eigenvalue weighted by atomic mass is 16.6. The first-order valence-corrected chi connectivity index (χ1v) is 5.72. The maximum atomic E-state index is 11.1. The summed E-state index contributed by atoms with van der Waals surface area (Å²) in [6.07, 6.45) is 5.08. The van der Waals surface area contributed by atoms with Gasteiger partial charge in [0, 0.05) is 12.1 Å². The highest BCUT2D eigenvalue weighted by Crippen LogP contribution is 2.39. The molecule has 0 spiro atoms. The molecule has 2 aromatic rings. The number of nitrogen functional groups attached to an aromatic ring is 1. The van der Waals surface area contributed by atoms with Gasteiger partial charge in [0.2, 0.25) is 11.6 Å². The Morgan fingerprint density at radius 3 is 2.89 bits per heavy atom. The van der Waals surface area contributed by atoms with Crippen LogP contribution in [0, 0.1) is 10.1 Å². The van der Waals surface area contributed by atoms with E-state index in [2.05, 4.69) is 20.5 Å². The summed E-state index contributed by atoms with van der Waals surface area (Å²) in [4.78, 5) is 18.2. The summed E-state index contributed by atoms with van der Waals surface area (Å²) in [5.41, 5.74) is 2.83. The van der Waals surface area contributed by atoms with Crippen molar-refractivity contribution in [2.24, 2.45) is 5.84 Å². The number of nitrogens with zero attached hydrogens (tertiary/aromatic N) is 5. The summed E-state index contributed by atoms with van der Waals surface area (Å²) in [5, 5.41) is 15.4. The summed E-state index contributed by atoms with van der Waals surface area (Å²) >= 11 is 0. The molecule has 9 nitrogen and oxygen atoms in total. The van der Waals surface area contributed by atoms with E-state index in [0.717, 1.165) is 18.5 Å². The minimum absolute atomic E-state index is 0.0431. The molecule has 0 aliphatic heterocycles. The number of aromatic nitrogens is 4. The third kappa shape index (κ3) is 1.99. The molecule has 3 N–H and O–H groups in total. The molecule has 0 atom stereocenters. The SMILES string of the molecule is NNc1ncnc(-n2ccc(C3CC3)n2)c1[N+](=O)[O-]. The zero-order valence-electron chi connectivity index (χ0n) is 9.85. The Morgan fingerprint density at radius 2 is 2.26 bits per heavy atom. The molecule has 1 aliphatic rings. The van der Waals surface area contributed by atoms with E-state index in [1.165, 1.54) is 11.0 Å². The average molecular weight is 261 g/mol. The van der Waals surface area contributed by atoms with Crippen LogP contribution in [0.15, 0.2) is 18.6 Å². The largest absolute Gasteiger partial charge is 0.356 e. The number of anilines is 1. The Labute approximate surface area is 107 Å². The van der Waals surface area contributed by atoms with Crippen molar-refractivity contribution in [2.45, 2.75) is 18.8 Å². The van der Waals surface area contributed by atoms with Crippen LogP contribution in [-0.2, 0) is 0 Å². The Balaban J connectivity index is 2.09. The Kier molecular flexibility index (Phi) is 2.60. The lowest BCUT2D eigenvalue weighted by Crippen LogP contribution is -2.14. The smallest absolute Gasteiger partial charge is 0.303 e. The number of hydrazine groups is 1. The van der Waals surface area contributed by atoms with Crippen LogP contribution >= 0.6 is 0 Å². The van der Waals surface area contributed by atoms with Crippen LogP contribution in [0.3, 0.4) is 0 Å². The molecule has 19 heavy (non-hydrogen) atoms. The van der Waals surface area contributed by atoms with Gasteiger partial charge in [-0.15, -0.1) is 0 Å². The van der Waals surface area contributed by atoms with Crippen molar-refractivity contribution >= 4 is 11.5 Å². The number of rotatable bonds is 4. The second-order valence-corrected chi connectivity index (χ2v) is 4.26. The Bertz CT molecular complexity index is 635. The van der Waals surface area contributed by atoms with Gasteiger partial charge in [-0.3, -0.25) is 10.1 Å². The first-order chi connectivity index (χ1) is 9.20. The maximum Gasteiger partial charge on any atom is 0.356 e. The van der Waals surface area contributed by atoms with Crippen molar-refractivity contribution in [3.05, 3.63) is 34.4 Å². The van der Waals surface area contributed by atoms with Gasteiger partial charge >= 0.3 is 5.69 Å². The van der Waals surface area contributed by atoms with Crippen LogP contribution in [0.25, 0.3) is 5.82 Å². The molecule has 2 heterocycles. The lowest BCUT2D eigenvalue weighted by Gasteiger charge is -2.05. The number of nitrogens with two attached hydrogens (primary N) is 1. The highest BCUT2D eigenvalue weighted by Gasteiger charge is 2.28. The lowest BCUT2D eigenvalue weighted by atomic mass is 10.3. The molecule has 1 saturated carbocycles. The molecule has 3 rings (SSSR count). The highest BCUT2D eigenvalue weighted by molar-refractivity contribution is 5.63. The lowest BCUT2D eigenvalue weighted by molar-refractivity contribution is -0.384. The fraction of sp³-hybridized carbons (Fsp3) is 0.300. The van der Waals surface area contributed by atoms with Crippen LogP contribution in [0.5, 0.6) is 0 Å². The van der Waals surface area contributed by atoms with Gasteiger partial charge in [0.05, 0.1) is 10.6 Å². The third-order valence-corrected chi connectivity index (χ3v) is 2.94. The van der Waals surface area contributed by atoms with E-state index >= 15 is 0 Å². The summed E-state index contributed by atoms with van der Waals surface area (Å²) in [6, 6.07) is 1.85. The molecule has 0 amide bonds. The van der Waals surface area contributed by atoms with Crippen molar-refractivity contribution in [1.29, 1.82) is 0 Å². The molecular weight excluding hydrogens is 250 g/mol. The molecule has 0 unspecified atom stereocenters. The van der Waals surface area contributed by atoms with E-state index < -0.39 is 4.92 Å². The number of hydrogen-bond donors (Lipinski definition) is 2.